The molecule has 1 aliphatic heterocycles. The van der Waals surface area contributed by atoms with Crippen LogP contribution < -0.4 is 5.32 Å². The summed E-state index contributed by atoms with van der Waals surface area (Å²) in [5, 5.41) is 3.33. The summed E-state index contributed by atoms with van der Waals surface area (Å²) in [4.78, 5) is 3.47. The van der Waals surface area contributed by atoms with E-state index in [4.69, 9.17) is 0 Å². The highest BCUT2D eigenvalue weighted by atomic mass is 35.5. The molecule has 1 saturated heterocycles. The minimum atomic E-state index is -0.318. The van der Waals surface area contributed by atoms with E-state index < -0.39 is 0 Å². The van der Waals surface area contributed by atoms with Crippen LogP contribution in [0.15, 0.2) is 29.2 Å². The number of halogens is 3. The van der Waals surface area contributed by atoms with Gasteiger partial charge in [-0.3, -0.25) is 4.90 Å². The molecule has 0 unspecified atom stereocenters. The van der Waals surface area contributed by atoms with Crippen molar-refractivity contribution in [1.82, 2.24) is 10.2 Å². The van der Waals surface area contributed by atoms with Crippen molar-refractivity contribution in [1.29, 1.82) is 0 Å². The van der Waals surface area contributed by atoms with Gasteiger partial charge in [-0.2, -0.15) is 0 Å². The molecule has 128 valence electrons. The van der Waals surface area contributed by atoms with Gasteiger partial charge in [0.25, 0.3) is 0 Å². The predicted molar refractivity (Wildman–Crippen MR) is 99.7 cm³/mol. The smallest absolute Gasteiger partial charge is 0.109 e. The van der Waals surface area contributed by atoms with Crippen molar-refractivity contribution in [2.75, 3.05) is 32.9 Å². The maximum absolute atomic E-state index is 13.7. The third-order valence-electron chi connectivity index (χ3n) is 3.43. The quantitative estimate of drug-likeness (QED) is 0.795. The van der Waals surface area contributed by atoms with Crippen LogP contribution in [-0.4, -0.2) is 42.5 Å². The highest BCUT2D eigenvalue weighted by Crippen LogP contribution is 2.37. The first-order valence-electron chi connectivity index (χ1n) is 7.30. The molecular formula is C16H27Cl2FN2S. The Bertz CT molecular complexity index is 434. The molecule has 1 fully saturated rings. The summed E-state index contributed by atoms with van der Waals surface area (Å²) in [5.41, 5.74) is 1.14. The van der Waals surface area contributed by atoms with Crippen molar-refractivity contribution in [3.05, 3.63) is 29.8 Å². The van der Waals surface area contributed by atoms with Gasteiger partial charge in [-0.15, -0.1) is 36.6 Å². The van der Waals surface area contributed by atoms with Gasteiger partial charge < -0.3 is 5.32 Å². The summed E-state index contributed by atoms with van der Waals surface area (Å²) in [6.45, 7) is 10.0. The molecule has 1 heterocycles. The molecule has 2 nitrogen and oxygen atoms in total. The van der Waals surface area contributed by atoms with Gasteiger partial charge in [0.05, 0.1) is 6.04 Å². The van der Waals surface area contributed by atoms with Crippen molar-refractivity contribution in [3.8, 4) is 0 Å². The molecule has 1 aromatic rings. The summed E-state index contributed by atoms with van der Waals surface area (Å²) < 4.78 is 13.8. The Morgan fingerprint density at radius 1 is 1.18 bits per heavy atom. The highest BCUT2D eigenvalue weighted by molar-refractivity contribution is 8.00. The number of hydrogen-bond acceptors (Lipinski definition) is 3. The van der Waals surface area contributed by atoms with E-state index in [1.807, 2.05) is 23.9 Å². The van der Waals surface area contributed by atoms with Gasteiger partial charge in [-0.05, 0) is 11.6 Å². The maximum atomic E-state index is 13.7. The minimum Gasteiger partial charge on any atom is -0.314 e. The van der Waals surface area contributed by atoms with Crippen LogP contribution in [0.5, 0.6) is 0 Å². The molecule has 0 amide bonds. The minimum absolute atomic E-state index is 0. The van der Waals surface area contributed by atoms with E-state index in [-0.39, 0.29) is 42.3 Å². The average molecular weight is 369 g/mol. The number of benzene rings is 1. The van der Waals surface area contributed by atoms with Crippen LogP contribution in [0.4, 0.5) is 4.39 Å². The summed E-state index contributed by atoms with van der Waals surface area (Å²) in [6.07, 6.45) is 0. The van der Waals surface area contributed by atoms with Crippen molar-refractivity contribution < 1.29 is 4.39 Å². The molecule has 0 radical (unpaired) electrons. The first kappa shape index (κ1) is 22.0. The van der Waals surface area contributed by atoms with Gasteiger partial charge in [0.1, 0.15) is 6.67 Å². The largest absolute Gasteiger partial charge is 0.314 e. The Morgan fingerprint density at radius 3 is 2.32 bits per heavy atom. The van der Waals surface area contributed by atoms with E-state index in [9.17, 15) is 4.39 Å². The van der Waals surface area contributed by atoms with E-state index in [0.717, 1.165) is 31.7 Å². The molecule has 0 bridgehead atoms. The average Bonchev–Trinajstić information content (AvgIpc) is 2.41. The Kier molecular flexibility index (Phi) is 9.99. The number of hydrogen-bond donors (Lipinski definition) is 1. The summed E-state index contributed by atoms with van der Waals surface area (Å²) in [5.74, 6) is 0. The Morgan fingerprint density at radius 2 is 1.77 bits per heavy atom. The lowest BCUT2D eigenvalue weighted by Gasteiger charge is -2.35. The zero-order chi connectivity index (χ0) is 14.6. The van der Waals surface area contributed by atoms with Crippen LogP contribution in [0.1, 0.15) is 32.4 Å². The summed E-state index contributed by atoms with van der Waals surface area (Å²) >= 11 is 1.83. The number of piperazine rings is 1. The van der Waals surface area contributed by atoms with Crippen LogP contribution in [0.2, 0.25) is 0 Å². The molecule has 2 rings (SSSR count). The van der Waals surface area contributed by atoms with Crippen molar-refractivity contribution in [2.45, 2.75) is 36.5 Å². The third kappa shape index (κ3) is 6.25. The van der Waals surface area contributed by atoms with E-state index in [1.54, 1.807) is 0 Å². The predicted octanol–water partition coefficient (Wildman–Crippen LogP) is 4.34. The molecule has 6 heteroatoms. The second-order valence-electron chi connectivity index (χ2n) is 6.21. The van der Waals surface area contributed by atoms with E-state index in [1.165, 1.54) is 4.90 Å². The normalized spacial score (nSPS) is 17.3. The molecule has 22 heavy (non-hydrogen) atoms. The van der Waals surface area contributed by atoms with Gasteiger partial charge in [-0.1, -0.05) is 39.0 Å². The highest BCUT2D eigenvalue weighted by Gasteiger charge is 2.25. The van der Waals surface area contributed by atoms with Crippen LogP contribution in [0.25, 0.3) is 0 Å². The summed E-state index contributed by atoms with van der Waals surface area (Å²) in [7, 11) is 0. The maximum Gasteiger partial charge on any atom is 0.109 e. The van der Waals surface area contributed by atoms with Crippen LogP contribution >= 0.6 is 36.6 Å². The molecule has 1 aromatic carbocycles. The fraction of sp³-hybridized carbons (Fsp3) is 0.625. The second kappa shape index (κ2) is 9.99. The third-order valence-corrected chi connectivity index (χ3v) is 4.64. The fourth-order valence-corrected chi connectivity index (χ4v) is 3.68. The number of nitrogens with zero attached hydrogens (tertiary/aromatic N) is 1. The van der Waals surface area contributed by atoms with Gasteiger partial charge in [0.2, 0.25) is 0 Å². The SMILES string of the molecule is CC(C)(C)Sc1ccccc1[C@H](CF)N1CCNCC1.Cl.Cl. The molecule has 0 aromatic heterocycles. The lowest BCUT2D eigenvalue weighted by molar-refractivity contribution is 0.146. The summed E-state index contributed by atoms with van der Waals surface area (Å²) in [6, 6.07) is 8.16. The number of thioether (sulfide) groups is 1. The van der Waals surface area contributed by atoms with Gasteiger partial charge >= 0.3 is 0 Å². The lowest BCUT2D eigenvalue weighted by atomic mass is 10.1. The molecular weight excluding hydrogens is 342 g/mol. The first-order valence-corrected chi connectivity index (χ1v) is 8.11. The van der Waals surface area contributed by atoms with Crippen LogP contribution in [0, 0.1) is 0 Å². The van der Waals surface area contributed by atoms with Crippen molar-refractivity contribution in [2.24, 2.45) is 0 Å². The van der Waals surface area contributed by atoms with Crippen LogP contribution in [0.3, 0.4) is 0 Å². The fourth-order valence-electron chi connectivity index (χ4n) is 2.55. The Balaban J connectivity index is 0.00000220. The van der Waals surface area contributed by atoms with Crippen molar-refractivity contribution >= 4 is 36.6 Å². The van der Waals surface area contributed by atoms with E-state index in [2.05, 4.69) is 43.1 Å². The van der Waals surface area contributed by atoms with Crippen molar-refractivity contribution in [3.63, 3.8) is 0 Å². The van der Waals surface area contributed by atoms with Gasteiger partial charge in [-0.25, -0.2) is 4.39 Å². The standard InChI is InChI=1S/C16H25FN2S.2ClH/c1-16(2,3)20-15-7-5-4-6-13(15)14(12-17)19-10-8-18-9-11-19;;/h4-7,14,18H,8-12H2,1-3H3;2*1H/t14-;;/m0../s1. The monoisotopic (exact) mass is 368 g/mol. The number of nitrogens with one attached hydrogen (secondary N) is 1. The lowest BCUT2D eigenvalue weighted by Crippen LogP contribution is -2.45. The first-order chi connectivity index (χ1) is 9.51. The van der Waals surface area contributed by atoms with E-state index in [0.29, 0.717) is 0 Å². The Hall–Kier alpha value is -0.000000000000000111. The molecule has 1 N–H and O–H groups in total. The van der Waals surface area contributed by atoms with E-state index >= 15 is 0 Å². The number of alkyl halides is 1. The van der Waals surface area contributed by atoms with Gasteiger partial charge in [0, 0.05) is 35.8 Å². The zero-order valence-corrected chi connectivity index (χ0v) is 15.9. The second-order valence-corrected chi connectivity index (χ2v) is 8.08. The van der Waals surface area contributed by atoms with Gasteiger partial charge in [0.15, 0.2) is 0 Å². The number of rotatable bonds is 4. The molecule has 0 aliphatic carbocycles. The van der Waals surface area contributed by atoms with Crippen LogP contribution in [-0.2, 0) is 0 Å². The topological polar surface area (TPSA) is 15.3 Å². The zero-order valence-electron chi connectivity index (χ0n) is 13.5. The Labute approximate surface area is 150 Å². The molecule has 0 spiro atoms. The molecule has 0 saturated carbocycles. The molecule has 1 aliphatic rings. The molecule has 1 atom stereocenters.